The number of carboxylic acids is 1. The van der Waals surface area contributed by atoms with Crippen LogP contribution in [0.15, 0.2) is 94.9 Å². The molecular weight excluding hydrogens is 790 g/mol. The van der Waals surface area contributed by atoms with E-state index in [2.05, 4.69) is 101 Å². The van der Waals surface area contributed by atoms with Crippen molar-refractivity contribution in [2.75, 3.05) is 0 Å². The number of hydrogen-bond donors (Lipinski definition) is 1. The Morgan fingerprint density at radius 2 is 1.05 bits per heavy atom. The van der Waals surface area contributed by atoms with Crippen molar-refractivity contribution >= 4 is 18.4 Å². The number of carbonyl (C=O) groups excluding carboxylic acids is 1. The molecule has 1 N–H and O–H groups in total. The third-order valence-corrected chi connectivity index (χ3v) is 11.1. The smallest absolute Gasteiger partial charge is 0.872 e. The first-order valence-electron chi connectivity index (χ1n) is 21.3. The van der Waals surface area contributed by atoms with Crippen LogP contribution in [0.4, 0.5) is 0 Å². The number of aliphatic imine (C=N–C) groups is 2. The topological polar surface area (TPSA) is 123 Å². The molecule has 0 saturated heterocycles. The molecule has 1 saturated carbocycles. The first-order chi connectivity index (χ1) is 27.4. The normalized spacial score (nSPS) is 16.9. The minimum absolute atomic E-state index is 0. The number of rotatable bonds is 10. The Labute approximate surface area is 371 Å². The zero-order valence-electron chi connectivity index (χ0n) is 38.1. The molecule has 4 aromatic rings. The number of carbonyl (C=O) groups is 1. The molecule has 1 fully saturated rings. The first-order valence-corrected chi connectivity index (χ1v) is 21.3. The molecule has 0 radical (unpaired) electrons. The van der Waals surface area contributed by atoms with Crippen molar-refractivity contribution in [2.24, 2.45) is 9.98 Å². The van der Waals surface area contributed by atoms with Crippen molar-refractivity contribution < 1.29 is 36.9 Å². The molecule has 0 aliphatic heterocycles. The van der Waals surface area contributed by atoms with E-state index in [0.717, 1.165) is 59.1 Å². The molecule has 1 aliphatic carbocycles. The Bertz CT molecular complexity index is 1950. The van der Waals surface area contributed by atoms with Crippen LogP contribution in [0.3, 0.4) is 0 Å². The number of nitrogens with zero attached hydrogens (tertiary/aromatic N) is 2. The molecule has 60 heavy (non-hydrogen) atoms. The maximum atomic E-state index is 13.5. The molecule has 0 unspecified atom stereocenters. The van der Waals surface area contributed by atoms with E-state index in [0.29, 0.717) is 17.7 Å². The van der Waals surface area contributed by atoms with E-state index < -0.39 is 5.97 Å². The predicted molar refractivity (Wildman–Crippen MR) is 240 cm³/mol. The van der Waals surface area contributed by atoms with E-state index in [4.69, 9.17) is 9.98 Å². The van der Waals surface area contributed by atoms with Gasteiger partial charge in [-0.05, 0) is 79.0 Å². The number of hydrogen-bond acceptors (Lipinski definition) is 7. The van der Waals surface area contributed by atoms with Crippen LogP contribution >= 0.6 is 0 Å². The second-order valence-electron chi connectivity index (χ2n) is 20.3. The van der Waals surface area contributed by atoms with Gasteiger partial charge in [0.25, 0.3) is 0 Å². The van der Waals surface area contributed by atoms with Gasteiger partial charge in [0.15, 0.2) is 0 Å². The molecular formula is C52H68CoN3O4. The van der Waals surface area contributed by atoms with Crippen LogP contribution in [0.1, 0.15) is 166 Å². The van der Waals surface area contributed by atoms with E-state index in [1.165, 1.54) is 0 Å². The Morgan fingerprint density at radius 3 is 1.42 bits per heavy atom. The molecule has 4 aromatic carbocycles. The molecule has 0 heterocycles. The summed E-state index contributed by atoms with van der Waals surface area (Å²) in [4.78, 5) is 20.8. The largest absolute Gasteiger partial charge is 3.00 e. The summed E-state index contributed by atoms with van der Waals surface area (Å²) >= 11 is 0. The summed E-state index contributed by atoms with van der Waals surface area (Å²) < 4.78 is 0. The second kappa shape index (κ2) is 21.0. The summed E-state index contributed by atoms with van der Waals surface area (Å²) in [5.41, 5.74) is 6.71. The summed E-state index contributed by atoms with van der Waals surface area (Å²) in [6, 6.07) is 27.4. The maximum absolute atomic E-state index is 13.5. The minimum Gasteiger partial charge on any atom is -0.872 e. The number of benzene rings is 4. The molecule has 5 rings (SSSR count). The minimum atomic E-state index is -1.05. The Balaban J connectivity index is 0.000000401. The van der Waals surface area contributed by atoms with Crippen LogP contribution in [0.2, 0.25) is 0 Å². The molecule has 324 valence electrons. The van der Waals surface area contributed by atoms with Gasteiger partial charge in [-0.25, -0.2) is 0 Å². The molecule has 8 heteroatoms. The molecule has 0 bridgehead atoms. The molecule has 0 amide bonds. The van der Waals surface area contributed by atoms with E-state index in [-0.39, 0.29) is 74.5 Å². The van der Waals surface area contributed by atoms with E-state index >= 15 is 0 Å². The van der Waals surface area contributed by atoms with Gasteiger partial charge >= 0.3 is 16.8 Å². The standard InChI is InChI=1S/C36H54N2O2.C16H17NO2.Co/c1-33(2,3)25-17-23(31(39)27(19-25)35(7,8)9)21-37-29-15-13-14-16-30(29)38-22-24-18-26(34(4,5)6)20-28(32(24)40)36(10,11)12;18-16(19)11-15(14-9-5-2-6-10-14)17-12-13-7-3-1-4-8-13;/h17-22,29-30,39-40H,13-16H2,1-12H3;1-10,15,17H,11-12H2,(H,18,19);/q;;+3/p-3/t29-,30-;15-;/m01./s1. The Kier molecular flexibility index (Phi) is 17.6. The fraction of sp³-hybridized carbons (Fsp3) is 0.481. The van der Waals surface area contributed by atoms with Gasteiger partial charge in [0.1, 0.15) is 0 Å². The summed E-state index contributed by atoms with van der Waals surface area (Å²) in [7, 11) is 0. The Hall–Kier alpha value is -4.24. The average molecular weight is 858 g/mol. The van der Waals surface area contributed by atoms with Crippen LogP contribution in [-0.2, 0) is 49.8 Å². The molecule has 3 atom stereocenters. The van der Waals surface area contributed by atoms with Crippen LogP contribution in [0, 0.1) is 0 Å². The number of aliphatic carboxylic acids is 1. The van der Waals surface area contributed by atoms with Gasteiger partial charge in [0, 0.05) is 37.4 Å². The third kappa shape index (κ3) is 14.4. The SMILES string of the molecule is CC(C)(C)c1cc(C=N[C@H]2CCCC[C@@H]2N=Cc2cc(C(C)(C)C)cc(C(C)(C)C)c2[O-])c([O-])c(C(C)(C)C)c1.O=C([O-])C[C@@H](NCc1ccccc1)c1ccccc1.[Co+3]. The van der Waals surface area contributed by atoms with Crippen molar-refractivity contribution in [3.63, 3.8) is 0 Å². The fourth-order valence-corrected chi connectivity index (χ4v) is 7.26. The average Bonchev–Trinajstić information content (AvgIpc) is 3.15. The van der Waals surface area contributed by atoms with E-state index in [9.17, 15) is 20.1 Å². The fourth-order valence-electron chi connectivity index (χ4n) is 7.26. The van der Waals surface area contributed by atoms with Crippen LogP contribution in [-0.4, -0.2) is 30.5 Å². The van der Waals surface area contributed by atoms with Crippen LogP contribution in [0.25, 0.3) is 0 Å². The summed E-state index contributed by atoms with van der Waals surface area (Å²) in [6.45, 7) is 26.2. The van der Waals surface area contributed by atoms with E-state index in [1.807, 2.05) is 72.8 Å². The number of nitrogens with one attached hydrogen (secondary N) is 1. The Morgan fingerprint density at radius 1 is 0.650 bits per heavy atom. The first kappa shape index (κ1) is 50.1. The van der Waals surface area contributed by atoms with Crippen molar-refractivity contribution in [3.05, 3.63) is 129 Å². The molecule has 1 aliphatic rings. The van der Waals surface area contributed by atoms with Gasteiger partial charge < -0.3 is 25.4 Å². The van der Waals surface area contributed by atoms with Crippen molar-refractivity contribution in [2.45, 2.75) is 162 Å². The predicted octanol–water partition coefficient (Wildman–Crippen LogP) is 9.53. The van der Waals surface area contributed by atoms with Crippen LogP contribution in [0.5, 0.6) is 11.5 Å². The van der Waals surface area contributed by atoms with Gasteiger partial charge in [0.2, 0.25) is 0 Å². The van der Waals surface area contributed by atoms with Gasteiger partial charge in [-0.1, -0.05) is 192 Å². The van der Waals surface area contributed by atoms with Gasteiger partial charge in [0.05, 0.1) is 12.1 Å². The van der Waals surface area contributed by atoms with Crippen molar-refractivity contribution in [1.29, 1.82) is 0 Å². The van der Waals surface area contributed by atoms with Gasteiger partial charge in [-0.3, -0.25) is 9.98 Å². The van der Waals surface area contributed by atoms with Crippen molar-refractivity contribution in [3.8, 4) is 11.5 Å². The number of carboxylic acid groups (broad SMARTS) is 1. The summed E-state index contributed by atoms with van der Waals surface area (Å²) in [5, 5.41) is 41.0. The van der Waals surface area contributed by atoms with Gasteiger partial charge in [-0.15, -0.1) is 0 Å². The summed E-state index contributed by atoms with van der Waals surface area (Å²) in [5.74, 6) is -0.927. The zero-order valence-corrected chi connectivity index (χ0v) is 39.1. The van der Waals surface area contributed by atoms with Crippen LogP contribution < -0.4 is 20.6 Å². The molecule has 0 aromatic heterocycles. The van der Waals surface area contributed by atoms with Crippen molar-refractivity contribution in [1.82, 2.24) is 5.32 Å². The second-order valence-corrected chi connectivity index (χ2v) is 20.3. The van der Waals surface area contributed by atoms with E-state index in [1.54, 1.807) is 12.4 Å². The molecule has 7 nitrogen and oxygen atoms in total. The molecule has 0 spiro atoms. The van der Waals surface area contributed by atoms with Gasteiger partial charge in [-0.2, -0.15) is 0 Å². The third-order valence-electron chi connectivity index (χ3n) is 11.1. The monoisotopic (exact) mass is 857 g/mol. The quantitative estimate of drug-likeness (QED) is 0.159. The zero-order chi connectivity index (χ0) is 43.8. The maximum Gasteiger partial charge on any atom is 3.00 e. The summed E-state index contributed by atoms with van der Waals surface area (Å²) in [6.07, 6.45) is 7.60.